The minimum Gasteiger partial charge on any atom is -0.266 e. The van der Waals surface area contributed by atoms with Crippen LogP contribution in [0.3, 0.4) is 0 Å². The molecule has 0 radical (unpaired) electrons. The number of nitrogens with zero attached hydrogens (tertiary/aromatic N) is 1. The smallest absolute Gasteiger partial charge is 0.266 e. The molecule has 0 saturated heterocycles. The Kier molecular flexibility index (Phi) is 4.06. The summed E-state index contributed by atoms with van der Waals surface area (Å²) in [4.78, 5) is 27.6. The van der Waals surface area contributed by atoms with E-state index in [0.717, 1.165) is 3.79 Å². The van der Waals surface area contributed by atoms with E-state index >= 15 is 0 Å². The van der Waals surface area contributed by atoms with Gasteiger partial charge in [-0.1, -0.05) is 6.07 Å². The van der Waals surface area contributed by atoms with Gasteiger partial charge < -0.3 is 0 Å². The number of halogens is 1. The van der Waals surface area contributed by atoms with Crippen molar-refractivity contribution >= 4 is 39.1 Å². The van der Waals surface area contributed by atoms with E-state index in [9.17, 15) is 9.59 Å². The van der Waals surface area contributed by atoms with Crippen LogP contribution in [0.15, 0.2) is 40.3 Å². The maximum atomic E-state index is 11.6. The van der Waals surface area contributed by atoms with Crippen molar-refractivity contribution in [1.82, 2.24) is 15.8 Å². The van der Waals surface area contributed by atoms with E-state index in [0.29, 0.717) is 4.88 Å². The summed E-state index contributed by atoms with van der Waals surface area (Å²) in [6.45, 7) is 0. The lowest BCUT2D eigenvalue weighted by Crippen LogP contribution is -2.41. The molecule has 0 atom stereocenters. The molecule has 7 heteroatoms. The number of carbonyl (C=O) groups is 2. The topological polar surface area (TPSA) is 71.1 Å². The van der Waals surface area contributed by atoms with Gasteiger partial charge in [0.25, 0.3) is 11.8 Å². The Bertz CT molecular complexity index is 571. The van der Waals surface area contributed by atoms with E-state index in [1.165, 1.54) is 17.5 Å². The van der Waals surface area contributed by atoms with E-state index in [1.807, 2.05) is 0 Å². The van der Waals surface area contributed by atoms with Crippen LogP contribution in [-0.2, 0) is 0 Å². The molecular formula is C11H8BrN3O2S. The molecule has 0 aromatic carbocycles. The molecule has 0 bridgehead atoms. The molecule has 0 aliphatic rings. The van der Waals surface area contributed by atoms with Crippen LogP contribution in [0.2, 0.25) is 0 Å². The Morgan fingerprint density at radius 2 is 1.89 bits per heavy atom. The molecule has 2 heterocycles. The third kappa shape index (κ3) is 3.14. The average Bonchev–Trinajstić information content (AvgIpc) is 2.83. The number of nitrogens with one attached hydrogen (secondary N) is 2. The van der Waals surface area contributed by atoms with Gasteiger partial charge in [0.15, 0.2) is 0 Å². The second-order valence-electron chi connectivity index (χ2n) is 3.23. The number of aromatic nitrogens is 1. The fourth-order valence-electron chi connectivity index (χ4n) is 1.17. The third-order valence-electron chi connectivity index (χ3n) is 1.98. The van der Waals surface area contributed by atoms with Gasteiger partial charge in [-0.05, 0) is 40.2 Å². The summed E-state index contributed by atoms with van der Waals surface area (Å²) in [5.41, 5.74) is 4.86. The fraction of sp³-hybridized carbons (Fsp3) is 0. The van der Waals surface area contributed by atoms with Crippen LogP contribution in [0.25, 0.3) is 0 Å². The Morgan fingerprint density at radius 1 is 1.11 bits per heavy atom. The monoisotopic (exact) mass is 325 g/mol. The van der Waals surface area contributed by atoms with E-state index in [-0.39, 0.29) is 11.6 Å². The highest BCUT2D eigenvalue weighted by molar-refractivity contribution is 9.11. The van der Waals surface area contributed by atoms with Gasteiger partial charge in [-0.3, -0.25) is 25.4 Å². The van der Waals surface area contributed by atoms with Crippen LogP contribution in [0, 0.1) is 0 Å². The highest BCUT2D eigenvalue weighted by Gasteiger charge is 2.11. The normalized spacial score (nSPS) is 9.83. The van der Waals surface area contributed by atoms with Crippen molar-refractivity contribution in [3.63, 3.8) is 0 Å². The number of thiophene rings is 1. The number of amides is 2. The van der Waals surface area contributed by atoms with E-state index in [4.69, 9.17) is 0 Å². The number of carbonyl (C=O) groups excluding carboxylic acids is 2. The Morgan fingerprint density at radius 3 is 2.50 bits per heavy atom. The van der Waals surface area contributed by atoms with Gasteiger partial charge in [0.1, 0.15) is 5.69 Å². The van der Waals surface area contributed by atoms with Crippen molar-refractivity contribution in [2.75, 3.05) is 0 Å². The van der Waals surface area contributed by atoms with Crippen LogP contribution in [0.1, 0.15) is 20.2 Å². The van der Waals surface area contributed by atoms with Crippen LogP contribution in [0.4, 0.5) is 0 Å². The van der Waals surface area contributed by atoms with E-state index < -0.39 is 5.91 Å². The minimum atomic E-state index is -0.459. The summed E-state index contributed by atoms with van der Waals surface area (Å²) >= 11 is 4.54. The predicted octanol–water partition coefficient (Wildman–Crippen LogP) is 1.98. The van der Waals surface area contributed by atoms with Gasteiger partial charge in [0, 0.05) is 6.20 Å². The van der Waals surface area contributed by atoms with Gasteiger partial charge >= 0.3 is 0 Å². The lowest BCUT2D eigenvalue weighted by atomic mass is 10.3. The van der Waals surface area contributed by atoms with E-state index in [2.05, 4.69) is 31.8 Å². The van der Waals surface area contributed by atoms with Crippen LogP contribution in [0.5, 0.6) is 0 Å². The van der Waals surface area contributed by atoms with Gasteiger partial charge in [-0.15, -0.1) is 11.3 Å². The second-order valence-corrected chi connectivity index (χ2v) is 5.69. The number of rotatable bonds is 2. The second kappa shape index (κ2) is 5.74. The molecule has 0 unspecified atom stereocenters. The summed E-state index contributed by atoms with van der Waals surface area (Å²) in [6, 6.07) is 8.39. The number of pyridine rings is 1. The molecule has 2 rings (SSSR count). The lowest BCUT2D eigenvalue weighted by Gasteiger charge is -2.05. The highest BCUT2D eigenvalue weighted by atomic mass is 79.9. The number of hydrogen-bond acceptors (Lipinski definition) is 4. The zero-order chi connectivity index (χ0) is 13.0. The van der Waals surface area contributed by atoms with Gasteiger partial charge in [0.2, 0.25) is 0 Å². The first-order chi connectivity index (χ1) is 8.66. The first-order valence-electron chi connectivity index (χ1n) is 4.94. The summed E-state index contributed by atoms with van der Waals surface area (Å²) < 4.78 is 0.851. The van der Waals surface area contributed by atoms with Gasteiger partial charge in [-0.25, -0.2) is 0 Å². The average molecular weight is 326 g/mol. The van der Waals surface area contributed by atoms with Crippen molar-refractivity contribution in [2.45, 2.75) is 0 Å². The fourth-order valence-corrected chi connectivity index (χ4v) is 2.45. The van der Waals surface area contributed by atoms with Crippen LogP contribution >= 0.6 is 27.3 Å². The molecule has 2 N–H and O–H groups in total. The molecule has 0 spiro atoms. The molecule has 0 saturated carbocycles. The summed E-state index contributed by atoms with van der Waals surface area (Å²) in [5.74, 6) is -0.824. The van der Waals surface area contributed by atoms with Crippen molar-refractivity contribution in [1.29, 1.82) is 0 Å². The SMILES string of the molecule is O=C(NNC(=O)c1ccc(Br)s1)c1ccccn1. The van der Waals surface area contributed by atoms with Crippen molar-refractivity contribution in [2.24, 2.45) is 0 Å². The molecule has 18 heavy (non-hydrogen) atoms. The molecule has 0 fully saturated rings. The standard InChI is InChI=1S/C11H8BrN3O2S/c12-9-5-4-8(18-9)11(17)15-14-10(16)7-3-1-2-6-13-7/h1-6H,(H,14,16)(H,15,17). The molecule has 2 amide bonds. The predicted molar refractivity (Wildman–Crippen MR) is 71.2 cm³/mol. The molecule has 2 aromatic heterocycles. The Labute approximate surface area is 115 Å². The summed E-state index contributed by atoms with van der Waals surface area (Å²) in [6.07, 6.45) is 1.51. The van der Waals surface area contributed by atoms with Crippen molar-refractivity contribution < 1.29 is 9.59 Å². The van der Waals surface area contributed by atoms with Crippen LogP contribution in [-0.4, -0.2) is 16.8 Å². The molecule has 5 nitrogen and oxygen atoms in total. The molecule has 2 aromatic rings. The zero-order valence-corrected chi connectivity index (χ0v) is 11.4. The summed E-state index contributed by atoms with van der Waals surface area (Å²) in [5, 5.41) is 0. The maximum absolute atomic E-state index is 11.6. The quantitative estimate of drug-likeness (QED) is 0.829. The lowest BCUT2D eigenvalue weighted by molar-refractivity contribution is 0.0846. The number of hydrazine groups is 1. The first-order valence-corrected chi connectivity index (χ1v) is 6.55. The van der Waals surface area contributed by atoms with Crippen LogP contribution < -0.4 is 10.9 Å². The zero-order valence-electron chi connectivity index (χ0n) is 9.01. The molecular weight excluding hydrogens is 318 g/mol. The largest absolute Gasteiger partial charge is 0.288 e. The third-order valence-corrected chi connectivity index (χ3v) is 3.61. The van der Waals surface area contributed by atoms with Gasteiger partial charge in [-0.2, -0.15) is 0 Å². The molecule has 92 valence electrons. The minimum absolute atomic E-state index is 0.241. The van der Waals surface area contributed by atoms with Gasteiger partial charge in [0.05, 0.1) is 8.66 Å². The van der Waals surface area contributed by atoms with Crippen molar-refractivity contribution in [3.8, 4) is 0 Å². The molecule has 0 aliphatic carbocycles. The Balaban J connectivity index is 1.92. The number of hydrogen-bond donors (Lipinski definition) is 2. The molecule has 0 aliphatic heterocycles. The van der Waals surface area contributed by atoms with E-state index in [1.54, 1.807) is 30.3 Å². The Hall–Kier alpha value is -1.73. The highest BCUT2D eigenvalue weighted by Crippen LogP contribution is 2.21. The maximum Gasteiger partial charge on any atom is 0.288 e. The first kappa shape index (κ1) is 12.7. The van der Waals surface area contributed by atoms with Crippen molar-refractivity contribution in [3.05, 3.63) is 50.9 Å². The summed E-state index contributed by atoms with van der Waals surface area (Å²) in [7, 11) is 0.